The number of carbonyl (C=O) groups excluding carboxylic acids is 2. The lowest BCUT2D eigenvalue weighted by Crippen LogP contribution is -2.09. The van der Waals surface area contributed by atoms with Crippen molar-refractivity contribution in [2.45, 2.75) is 169 Å². The van der Waals surface area contributed by atoms with E-state index in [9.17, 15) is 18.4 Å². The molecule has 0 aliphatic rings. The number of unbranched alkanes of at least 4 members (excludes halogenated alkanes) is 14. The Balaban J connectivity index is 0.000000265. The third-order valence-corrected chi connectivity index (χ3v) is 12.3. The Morgan fingerprint density at radius 2 is 0.714 bits per heavy atom. The lowest BCUT2D eigenvalue weighted by atomic mass is 10.0. The Morgan fingerprint density at radius 1 is 0.386 bits per heavy atom. The summed E-state index contributed by atoms with van der Waals surface area (Å²) in [4.78, 5) is 42.3. The molecule has 6 rings (SSSR count). The average molecular weight is 953 g/mol. The molecule has 0 saturated heterocycles. The van der Waals surface area contributed by atoms with E-state index in [-0.39, 0.29) is 22.6 Å². The summed E-state index contributed by atoms with van der Waals surface area (Å²) in [7, 11) is 0. The van der Waals surface area contributed by atoms with E-state index in [0.29, 0.717) is 22.8 Å². The van der Waals surface area contributed by atoms with Gasteiger partial charge in [-0.1, -0.05) is 148 Å². The lowest BCUT2D eigenvalue weighted by Gasteiger charge is -2.08. The summed E-state index contributed by atoms with van der Waals surface area (Å²) < 4.78 is 40.2. The van der Waals surface area contributed by atoms with E-state index >= 15 is 0 Å². The van der Waals surface area contributed by atoms with Crippen LogP contribution in [0.15, 0.2) is 110 Å². The third-order valence-electron chi connectivity index (χ3n) is 12.3. The van der Waals surface area contributed by atoms with Gasteiger partial charge in [-0.25, -0.2) is 38.3 Å². The molecule has 372 valence electrons. The van der Waals surface area contributed by atoms with Crippen LogP contribution in [0.2, 0.25) is 0 Å². The molecule has 8 nitrogen and oxygen atoms in total. The quantitative estimate of drug-likeness (QED) is 0.0272. The van der Waals surface area contributed by atoms with Crippen LogP contribution in [-0.2, 0) is 25.7 Å². The summed E-state index contributed by atoms with van der Waals surface area (Å²) in [6.07, 6.45) is 33.1. The summed E-state index contributed by atoms with van der Waals surface area (Å²) in [6, 6.07) is 23.5. The maximum Gasteiger partial charge on any atom is 0.343 e. The molecule has 0 N–H and O–H groups in total. The van der Waals surface area contributed by atoms with Crippen molar-refractivity contribution in [1.82, 2.24) is 19.9 Å². The number of halogens is 2. The van der Waals surface area contributed by atoms with Crippen molar-refractivity contribution in [3.05, 3.63) is 155 Å². The van der Waals surface area contributed by atoms with Crippen molar-refractivity contribution in [3.63, 3.8) is 0 Å². The Hall–Kier alpha value is -6.16. The van der Waals surface area contributed by atoms with Gasteiger partial charge in [0, 0.05) is 36.9 Å². The maximum absolute atomic E-state index is 14.8. The first-order valence-electron chi connectivity index (χ1n) is 26.0. The fraction of sp³-hybridized carbons (Fsp3) is 0.433. The van der Waals surface area contributed by atoms with E-state index < -0.39 is 23.6 Å². The average Bonchev–Trinajstić information content (AvgIpc) is 3.37. The second kappa shape index (κ2) is 31.1. The number of benzene rings is 4. The van der Waals surface area contributed by atoms with Gasteiger partial charge in [-0.05, 0) is 116 Å². The van der Waals surface area contributed by atoms with Crippen LogP contribution in [0.5, 0.6) is 11.5 Å². The van der Waals surface area contributed by atoms with E-state index in [1.165, 1.54) is 119 Å². The second-order valence-electron chi connectivity index (χ2n) is 18.2. The van der Waals surface area contributed by atoms with Crippen molar-refractivity contribution in [2.75, 3.05) is 0 Å². The van der Waals surface area contributed by atoms with Gasteiger partial charge in [0.15, 0.2) is 11.6 Å². The van der Waals surface area contributed by atoms with E-state index in [1.807, 2.05) is 24.3 Å². The molecule has 0 bridgehead atoms. The van der Waals surface area contributed by atoms with Crippen molar-refractivity contribution in [2.24, 2.45) is 0 Å². The summed E-state index contributed by atoms with van der Waals surface area (Å²) in [6.45, 7) is 8.73. The van der Waals surface area contributed by atoms with E-state index in [0.717, 1.165) is 62.5 Å². The van der Waals surface area contributed by atoms with Gasteiger partial charge in [0.25, 0.3) is 0 Å². The molecule has 0 unspecified atom stereocenters. The van der Waals surface area contributed by atoms with Gasteiger partial charge in [0.1, 0.15) is 23.1 Å². The number of nitrogens with zero attached hydrogens (tertiary/aromatic N) is 4. The molecular formula is C60H74F2N4O4. The standard InChI is InChI=1S/C33H43FN2O2.C27H31FN2O2/c1-3-5-7-9-10-11-12-14-16-27-24-35-32(36-25-27)30-22-21-29(23-31(30)34)38-33(37)28-19-17-26(18-20-28)15-13-8-6-4-2;1-3-5-6-7-8-10-20-11-13-22(14-12-20)27(31)32-23-15-16-24(25(28)17-23)26-29-18-21(9-4-2)19-30-26/h17-25H,3-16H2,1-2H3;11-19H,3-10H2,1-2H3. The van der Waals surface area contributed by atoms with Gasteiger partial charge < -0.3 is 9.47 Å². The number of hydrogen-bond acceptors (Lipinski definition) is 8. The molecule has 2 aromatic heterocycles. The first-order valence-corrected chi connectivity index (χ1v) is 26.0. The zero-order valence-corrected chi connectivity index (χ0v) is 42.1. The molecule has 0 fully saturated rings. The number of ether oxygens (including phenoxy) is 2. The molecule has 0 aliphatic heterocycles. The SMILES string of the molecule is CCCCCCCCCCc1cnc(-c2ccc(OC(=O)c3ccc(CCCCCC)cc3)cc2F)nc1.CCCCCCCc1ccc(C(=O)Oc2ccc(-c3ncc(CCC)cn3)c(F)c2)cc1. The molecule has 6 aromatic rings. The first-order chi connectivity index (χ1) is 34.2. The molecule has 2 heterocycles. The maximum atomic E-state index is 14.8. The molecule has 0 radical (unpaired) electrons. The molecule has 4 aromatic carbocycles. The second-order valence-corrected chi connectivity index (χ2v) is 18.2. The Morgan fingerprint density at radius 3 is 1.07 bits per heavy atom. The van der Waals surface area contributed by atoms with Gasteiger partial charge in [-0.3, -0.25) is 0 Å². The van der Waals surface area contributed by atoms with Crippen molar-refractivity contribution in [3.8, 4) is 34.3 Å². The Labute approximate surface area is 416 Å². The van der Waals surface area contributed by atoms with Crippen LogP contribution in [0.1, 0.15) is 186 Å². The van der Waals surface area contributed by atoms with Gasteiger partial charge in [0.2, 0.25) is 0 Å². The molecule has 0 amide bonds. The van der Waals surface area contributed by atoms with Gasteiger partial charge in [-0.15, -0.1) is 0 Å². The fourth-order valence-corrected chi connectivity index (χ4v) is 8.11. The van der Waals surface area contributed by atoms with E-state index in [2.05, 4.69) is 47.6 Å². The van der Waals surface area contributed by atoms with Crippen LogP contribution in [0.4, 0.5) is 8.78 Å². The van der Waals surface area contributed by atoms with Crippen LogP contribution in [0, 0.1) is 11.6 Å². The van der Waals surface area contributed by atoms with Crippen LogP contribution in [-0.4, -0.2) is 31.9 Å². The highest BCUT2D eigenvalue weighted by atomic mass is 19.1. The minimum absolute atomic E-state index is 0.152. The van der Waals surface area contributed by atoms with Crippen LogP contribution >= 0.6 is 0 Å². The molecule has 10 heteroatoms. The normalized spacial score (nSPS) is 10.9. The highest BCUT2D eigenvalue weighted by Gasteiger charge is 2.15. The first kappa shape index (κ1) is 54.8. The molecule has 0 aliphatic carbocycles. The van der Waals surface area contributed by atoms with E-state index in [1.54, 1.807) is 67.3 Å². The van der Waals surface area contributed by atoms with Gasteiger partial charge in [-0.2, -0.15) is 0 Å². The molecule has 70 heavy (non-hydrogen) atoms. The van der Waals surface area contributed by atoms with Crippen molar-refractivity contribution in [1.29, 1.82) is 0 Å². The predicted octanol–water partition coefficient (Wildman–Crippen LogP) is 16.3. The van der Waals surface area contributed by atoms with Crippen LogP contribution in [0.25, 0.3) is 22.8 Å². The molecule has 0 saturated carbocycles. The number of rotatable bonds is 28. The summed E-state index contributed by atoms with van der Waals surface area (Å²) in [5, 5.41) is 0. The predicted molar refractivity (Wildman–Crippen MR) is 278 cm³/mol. The monoisotopic (exact) mass is 953 g/mol. The smallest absolute Gasteiger partial charge is 0.343 e. The summed E-state index contributed by atoms with van der Waals surface area (Å²) in [5.74, 6) is -1.11. The fourth-order valence-electron chi connectivity index (χ4n) is 8.11. The molecule has 0 spiro atoms. The van der Waals surface area contributed by atoms with Gasteiger partial charge >= 0.3 is 11.9 Å². The number of aryl methyl sites for hydroxylation is 4. The number of hydrogen-bond donors (Lipinski definition) is 0. The van der Waals surface area contributed by atoms with E-state index in [4.69, 9.17) is 9.47 Å². The Kier molecular flexibility index (Phi) is 24.4. The van der Waals surface area contributed by atoms with Gasteiger partial charge in [0.05, 0.1) is 22.3 Å². The molecular weight excluding hydrogens is 879 g/mol. The number of esters is 2. The number of carbonyl (C=O) groups is 2. The summed E-state index contributed by atoms with van der Waals surface area (Å²) >= 11 is 0. The summed E-state index contributed by atoms with van der Waals surface area (Å²) in [5.41, 5.74) is 5.95. The minimum atomic E-state index is -0.531. The third kappa shape index (κ3) is 19.0. The topological polar surface area (TPSA) is 104 Å². The minimum Gasteiger partial charge on any atom is -0.423 e. The largest absolute Gasteiger partial charge is 0.423 e. The number of aromatic nitrogens is 4. The van der Waals surface area contributed by atoms with Crippen molar-refractivity contribution >= 4 is 11.9 Å². The highest BCUT2D eigenvalue weighted by Crippen LogP contribution is 2.27. The lowest BCUT2D eigenvalue weighted by molar-refractivity contribution is 0.0724. The van der Waals surface area contributed by atoms with Crippen molar-refractivity contribution < 1.29 is 27.8 Å². The highest BCUT2D eigenvalue weighted by molar-refractivity contribution is 5.91. The zero-order valence-electron chi connectivity index (χ0n) is 42.1. The van der Waals surface area contributed by atoms with Crippen LogP contribution < -0.4 is 9.47 Å². The zero-order chi connectivity index (χ0) is 49.8. The van der Waals surface area contributed by atoms with Crippen LogP contribution in [0.3, 0.4) is 0 Å². The molecule has 0 atom stereocenters. The Bertz CT molecular complexity index is 2440.